The molecular formula is C13H17N3O2. The molecule has 0 radical (unpaired) electrons. The summed E-state index contributed by atoms with van der Waals surface area (Å²) in [7, 11) is 1.55. The van der Waals surface area contributed by atoms with Crippen LogP contribution in [0.2, 0.25) is 0 Å². The molecule has 96 valence electrons. The Kier molecular flexibility index (Phi) is 3.62. The van der Waals surface area contributed by atoms with Crippen LogP contribution in [0.25, 0.3) is 0 Å². The number of methoxy groups -OCH3 is 1. The summed E-state index contributed by atoms with van der Waals surface area (Å²) in [6, 6.07) is 7.31. The van der Waals surface area contributed by atoms with E-state index in [1.165, 1.54) is 0 Å². The van der Waals surface area contributed by atoms with Crippen LogP contribution in [0.1, 0.15) is 37.4 Å². The van der Waals surface area contributed by atoms with Crippen LogP contribution < -0.4 is 4.74 Å². The molecule has 0 bridgehead atoms. The van der Waals surface area contributed by atoms with Crippen molar-refractivity contribution in [2.45, 2.75) is 26.0 Å². The van der Waals surface area contributed by atoms with Gasteiger partial charge in [-0.15, -0.1) is 0 Å². The zero-order chi connectivity index (χ0) is 13.1. The SMILES string of the molecule is COc1cccc(C(O)c2ccnn2C(C)C)n1. The molecule has 0 fully saturated rings. The molecule has 2 heterocycles. The van der Waals surface area contributed by atoms with Crippen molar-refractivity contribution in [3.63, 3.8) is 0 Å². The van der Waals surface area contributed by atoms with Crippen LogP contribution in [0.5, 0.6) is 5.88 Å². The van der Waals surface area contributed by atoms with Gasteiger partial charge in [-0.25, -0.2) is 4.98 Å². The van der Waals surface area contributed by atoms with E-state index in [0.29, 0.717) is 11.6 Å². The van der Waals surface area contributed by atoms with E-state index in [0.717, 1.165) is 5.69 Å². The first-order chi connectivity index (χ1) is 8.63. The zero-order valence-electron chi connectivity index (χ0n) is 10.7. The lowest BCUT2D eigenvalue weighted by Crippen LogP contribution is -2.13. The van der Waals surface area contributed by atoms with Crippen LogP contribution in [0.4, 0.5) is 0 Å². The normalized spacial score (nSPS) is 12.7. The van der Waals surface area contributed by atoms with Gasteiger partial charge in [0.25, 0.3) is 0 Å². The molecule has 5 heteroatoms. The molecule has 1 N–H and O–H groups in total. The van der Waals surface area contributed by atoms with Crippen molar-refractivity contribution >= 4 is 0 Å². The molecule has 0 aliphatic heterocycles. The first kappa shape index (κ1) is 12.6. The number of hydrogen-bond acceptors (Lipinski definition) is 4. The van der Waals surface area contributed by atoms with E-state index in [1.807, 2.05) is 13.8 Å². The number of aliphatic hydroxyl groups excluding tert-OH is 1. The third-order valence-corrected chi connectivity index (χ3v) is 2.70. The largest absolute Gasteiger partial charge is 0.481 e. The van der Waals surface area contributed by atoms with Crippen LogP contribution in [0.15, 0.2) is 30.5 Å². The maximum Gasteiger partial charge on any atom is 0.213 e. The van der Waals surface area contributed by atoms with Gasteiger partial charge in [0.15, 0.2) is 0 Å². The Morgan fingerprint density at radius 1 is 1.28 bits per heavy atom. The van der Waals surface area contributed by atoms with Gasteiger partial charge in [-0.3, -0.25) is 4.68 Å². The lowest BCUT2D eigenvalue weighted by molar-refractivity contribution is 0.199. The van der Waals surface area contributed by atoms with E-state index in [4.69, 9.17) is 4.74 Å². The zero-order valence-corrected chi connectivity index (χ0v) is 10.7. The van der Waals surface area contributed by atoms with Crippen LogP contribution in [-0.4, -0.2) is 27.0 Å². The Balaban J connectivity index is 2.35. The van der Waals surface area contributed by atoms with Gasteiger partial charge in [-0.05, 0) is 26.0 Å². The summed E-state index contributed by atoms with van der Waals surface area (Å²) < 4.78 is 6.84. The quantitative estimate of drug-likeness (QED) is 0.897. The van der Waals surface area contributed by atoms with Gasteiger partial charge >= 0.3 is 0 Å². The second-order valence-corrected chi connectivity index (χ2v) is 4.30. The van der Waals surface area contributed by atoms with Crippen LogP contribution in [-0.2, 0) is 0 Å². The average molecular weight is 247 g/mol. The molecule has 0 spiro atoms. The summed E-state index contributed by atoms with van der Waals surface area (Å²) in [5.41, 5.74) is 1.28. The first-order valence-corrected chi connectivity index (χ1v) is 5.86. The Hall–Kier alpha value is -1.88. The number of aliphatic hydroxyl groups is 1. The van der Waals surface area contributed by atoms with E-state index in [9.17, 15) is 5.11 Å². The van der Waals surface area contributed by atoms with E-state index in [2.05, 4.69) is 10.1 Å². The molecular weight excluding hydrogens is 230 g/mol. The maximum absolute atomic E-state index is 10.4. The van der Waals surface area contributed by atoms with E-state index in [-0.39, 0.29) is 6.04 Å². The second-order valence-electron chi connectivity index (χ2n) is 4.30. The van der Waals surface area contributed by atoms with Gasteiger partial charge in [0.05, 0.1) is 18.5 Å². The Bertz CT molecular complexity index is 522. The van der Waals surface area contributed by atoms with Crippen molar-refractivity contribution in [3.05, 3.63) is 41.9 Å². The van der Waals surface area contributed by atoms with Gasteiger partial charge in [-0.1, -0.05) is 6.07 Å². The van der Waals surface area contributed by atoms with Crippen molar-refractivity contribution in [2.24, 2.45) is 0 Å². The summed E-state index contributed by atoms with van der Waals surface area (Å²) >= 11 is 0. The average Bonchev–Trinajstić information content (AvgIpc) is 2.87. The Morgan fingerprint density at radius 3 is 2.72 bits per heavy atom. The third-order valence-electron chi connectivity index (χ3n) is 2.70. The van der Waals surface area contributed by atoms with Crippen LogP contribution >= 0.6 is 0 Å². The molecule has 0 aliphatic rings. The smallest absolute Gasteiger partial charge is 0.213 e. The fourth-order valence-corrected chi connectivity index (χ4v) is 1.82. The molecule has 2 aromatic rings. The minimum absolute atomic E-state index is 0.190. The van der Waals surface area contributed by atoms with Crippen LogP contribution in [0.3, 0.4) is 0 Å². The number of nitrogens with zero attached hydrogens (tertiary/aromatic N) is 3. The molecule has 1 atom stereocenters. The van der Waals surface area contributed by atoms with Crippen LogP contribution in [0, 0.1) is 0 Å². The van der Waals surface area contributed by atoms with Crippen molar-refractivity contribution < 1.29 is 9.84 Å². The van der Waals surface area contributed by atoms with E-state index >= 15 is 0 Å². The lowest BCUT2D eigenvalue weighted by Gasteiger charge is -2.15. The highest BCUT2D eigenvalue weighted by Gasteiger charge is 2.18. The predicted octanol–water partition coefficient (Wildman–Crippen LogP) is 1.95. The Morgan fingerprint density at radius 2 is 2.06 bits per heavy atom. The molecule has 1 unspecified atom stereocenters. The molecule has 5 nitrogen and oxygen atoms in total. The molecule has 0 aliphatic carbocycles. The first-order valence-electron chi connectivity index (χ1n) is 5.86. The van der Waals surface area contributed by atoms with E-state index < -0.39 is 6.10 Å². The lowest BCUT2D eigenvalue weighted by atomic mass is 10.1. The van der Waals surface area contributed by atoms with Gasteiger partial charge < -0.3 is 9.84 Å². The molecule has 2 rings (SSSR count). The summed E-state index contributed by atoms with van der Waals surface area (Å²) in [4.78, 5) is 4.23. The number of pyridine rings is 1. The van der Waals surface area contributed by atoms with Gasteiger partial charge in [0.1, 0.15) is 6.10 Å². The van der Waals surface area contributed by atoms with Crippen molar-refractivity contribution in [2.75, 3.05) is 7.11 Å². The number of hydrogen-bond donors (Lipinski definition) is 1. The Labute approximate surface area is 106 Å². The van der Waals surface area contributed by atoms with Gasteiger partial charge in [0, 0.05) is 18.3 Å². The predicted molar refractivity (Wildman–Crippen MR) is 67.5 cm³/mol. The maximum atomic E-state index is 10.4. The molecule has 0 saturated heterocycles. The minimum atomic E-state index is -0.801. The summed E-state index contributed by atoms with van der Waals surface area (Å²) in [6.07, 6.45) is 0.878. The van der Waals surface area contributed by atoms with Gasteiger partial charge in [0.2, 0.25) is 5.88 Å². The number of rotatable bonds is 4. The number of aromatic nitrogens is 3. The third kappa shape index (κ3) is 2.36. The topological polar surface area (TPSA) is 60.2 Å². The van der Waals surface area contributed by atoms with Crippen molar-refractivity contribution in [3.8, 4) is 5.88 Å². The fraction of sp³-hybridized carbons (Fsp3) is 0.385. The van der Waals surface area contributed by atoms with Crippen molar-refractivity contribution in [1.29, 1.82) is 0 Å². The van der Waals surface area contributed by atoms with Crippen molar-refractivity contribution in [1.82, 2.24) is 14.8 Å². The summed E-state index contributed by atoms with van der Waals surface area (Å²) in [5, 5.41) is 14.6. The molecule has 0 saturated carbocycles. The highest BCUT2D eigenvalue weighted by molar-refractivity contribution is 5.23. The van der Waals surface area contributed by atoms with E-state index in [1.54, 1.807) is 42.3 Å². The summed E-state index contributed by atoms with van der Waals surface area (Å²) in [6.45, 7) is 4.03. The van der Waals surface area contributed by atoms with Gasteiger partial charge in [-0.2, -0.15) is 5.10 Å². The standard InChI is InChI=1S/C13H17N3O2/c1-9(2)16-11(7-8-14-16)13(17)10-5-4-6-12(15-10)18-3/h4-9,13,17H,1-3H3. The number of ether oxygens (including phenoxy) is 1. The minimum Gasteiger partial charge on any atom is -0.481 e. The summed E-state index contributed by atoms with van der Waals surface area (Å²) in [5.74, 6) is 0.488. The molecule has 0 amide bonds. The highest BCUT2D eigenvalue weighted by Crippen LogP contribution is 2.23. The fourth-order valence-electron chi connectivity index (χ4n) is 1.82. The molecule has 0 aromatic carbocycles. The molecule has 2 aromatic heterocycles. The highest BCUT2D eigenvalue weighted by atomic mass is 16.5. The second kappa shape index (κ2) is 5.18. The monoisotopic (exact) mass is 247 g/mol. The molecule has 18 heavy (non-hydrogen) atoms.